The summed E-state index contributed by atoms with van der Waals surface area (Å²) in [7, 11) is 0. The standard InChI is InChI=1S/C23H24N.BrH/c1-4-12-22(13-5-1)16-10-20-24(18-8-3-9-19-24)21-11-17-23-14-6-2-7-15-23;/h1-2,4-7,12-15H,3,8-9,18-21H2;1H/q+1;/p-1. The van der Waals surface area contributed by atoms with Crippen LogP contribution in [-0.2, 0) is 0 Å². The second-order valence-corrected chi connectivity index (χ2v) is 6.50. The molecule has 1 aliphatic heterocycles. The molecule has 1 aliphatic rings. The van der Waals surface area contributed by atoms with E-state index in [2.05, 4.69) is 47.9 Å². The monoisotopic (exact) mass is 393 g/mol. The lowest BCUT2D eigenvalue weighted by atomic mass is 10.1. The molecule has 0 unspecified atom stereocenters. The molecule has 128 valence electrons. The van der Waals surface area contributed by atoms with Crippen molar-refractivity contribution in [2.24, 2.45) is 0 Å². The van der Waals surface area contributed by atoms with Crippen LogP contribution < -0.4 is 17.0 Å². The van der Waals surface area contributed by atoms with Gasteiger partial charge in [-0.1, -0.05) is 48.2 Å². The van der Waals surface area contributed by atoms with Gasteiger partial charge in [0, 0.05) is 11.1 Å². The van der Waals surface area contributed by atoms with Crippen molar-refractivity contribution in [1.29, 1.82) is 0 Å². The van der Waals surface area contributed by atoms with Crippen LogP contribution in [0.1, 0.15) is 30.4 Å². The molecule has 1 saturated heterocycles. The van der Waals surface area contributed by atoms with Gasteiger partial charge in [0.15, 0.2) is 0 Å². The van der Waals surface area contributed by atoms with Crippen molar-refractivity contribution in [2.45, 2.75) is 19.3 Å². The summed E-state index contributed by atoms with van der Waals surface area (Å²) in [5.74, 6) is 13.5. The molecule has 0 saturated carbocycles. The number of likely N-dealkylation sites (tertiary alicyclic amines) is 1. The molecule has 1 fully saturated rings. The summed E-state index contributed by atoms with van der Waals surface area (Å²) < 4.78 is 1.03. The van der Waals surface area contributed by atoms with Gasteiger partial charge >= 0.3 is 0 Å². The first kappa shape index (κ1) is 19.3. The third kappa shape index (κ3) is 6.09. The van der Waals surface area contributed by atoms with Crippen LogP contribution in [0.15, 0.2) is 60.7 Å². The molecule has 0 spiro atoms. The van der Waals surface area contributed by atoms with E-state index in [0.717, 1.165) is 28.7 Å². The fourth-order valence-electron chi connectivity index (χ4n) is 3.22. The summed E-state index contributed by atoms with van der Waals surface area (Å²) in [5.41, 5.74) is 2.20. The van der Waals surface area contributed by atoms with Crippen molar-refractivity contribution in [1.82, 2.24) is 0 Å². The number of piperidine rings is 1. The molecule has 1 nitrogen and oxygen atoms in total. The number of rotatable bonds is 2. The topological polar surface area (TPSA) is 0 Å². The maximum Gasteiger partial charge on any atom is 0.142 e. The van der Waals surface area contributed by atoms with E-state index in [1.54, 1.807) is 0 Å². The van der Waals surface area contributed by atoms with Gasteiger partial charge in [0.1, 0.15) is 13.1 Å². The van der Waals surface area contributed by atoms with Crippen LogP contribution in [0.5, 0.6) is 0 Å². The molecule has 2 aromatic carbocycles. The zero-order valence-corrected chi connectivity index (χ0v) is 16.1. The number of nitrogens with zero attached hydrogens (tertiary/aromatic N) is 1. The van der Waals surface area contributed by atoms with Crippen LogP contribution in [0.3, 0.4) is 0 Å². The first-order chi connectivity index (χ1) is 11.9. The highest BCUT2D eigenvalue weighted by Crippen LogP contribution is 2.18. The Hall–Kier alpha value is -2.00. The lowest BCUT2D eigenvalue weighted by Crippen LogP contribution is -3.00. The van der Waals surface area contributed by atoms with Gasteiger partial charge in [-0.3, -0.25) is 0 Å². The third-order valence-corrected chi connectivity index (χ3v) is 4.61. The smallest absolute Gasteiger partial charge is 0.142 e. The van der Waals surface area contributed by atoms with Crippen molar-refractivity contribution < 1.29 is 21.5 Å². The molecule has 0 amide bonds. The highest BCUT2D eigenvalue weighted by Gasteiger charge is 2.27. The molecule has 0 bridgehead atoms. The van der Waals surface area contributed by atoms with E-state index in [-0.39, 0.29) is 17.0 Å². The summed E-state index contributed by atoms with van der Waals surface area (Å²) in [6.45, 7) is 4.20. The van der Waals surface area contributed by atoms with E-state index >= 15 is 0 Å². The summed E-state index contributed by atoms with van der Waals surface area (Å²) >= 11 is 0. The lowest BCUT2D eigenvalue weighted by Gasteiger charge is -2.38. The van der Waals surface area contributed by atoms with E-state index in [0.29, 0.717) is 0 Å². The highest BCUT2D eigenvalue weighted by molar-refractivity contribution is 5.34. The Labute approximate surface area is 162 Å². The van der Waals surface area contributed by atoms with Gasteiger partial charge in [0.05, 0.1) is 13.1 Å². The quantitative estimate of drug-likeness (QED) is 0.529. The fourth-order valence-corrected chi connectivity index (χ4v) is 3.22. The highest BCUT2D eigenvalue weighted by atomic mass is 79.9. The molecule has 2 aromatic rings. The molecule has 0 aromatic heterocycles. The van der Waals surface area contributed by atoms with Crippen LogP contribution in [0.4, 0.5) is 0 Å². The molecule has 1 heterocycles. The summed E-state index contributed by atoms with van der Waals surface area (Å²) in [4.78, 5) is 0. The van der Waals surface area contributed by atoms with Gasteiger partial charge in [-0.2, -0.15) is 0 Å². The van der Waals surface area contributed by atoms with Crippen molar-refractivity contribution >= 4 is 0 Å². The average molecular weight is 394 g/mol. The SMILES string of the molecule is C(#Cc1ccccc1)C[N+]1(CC#Cc2ccccc2)CCCCC1.[Br-]. The predicted octanol–water partition coefficient (Wildman–Crippen LogP) is 1.09. The van der Waals surface area contributed by atoms with Gasteiger partial charge in [-0.05, 0) is 55.4 Å². The van der Waals surface area contributed by atoms with Crippen molar-refractivity contribution in [2.75, 3.05) is 26.2 Å². The van der Waals surface area contributed by atoms with E-state index in [1.807, 2.05) is 36.4 Å². The summed E-state index contributed by atoms with van der Waals surface area (Å²) in [5, 5.41) is 0. The normalized spacial score (nSPS) is 14.9. The molecule has 0 N–H and O–H groups in total. The molecule has 2 heteroatoms. The van der Waals surface area contributed by atoms with Crippen LogP contribution in [-0.4, -0.2) is 30.7 Å². The third-order valence-electron chi connectivity index (χ3n) is 4.61. The minimum absolute atomic E-state index is 0. The Morgan fingerprint density at radius 3 is 1.52 bits per heavy atom. The molecule has 25 heavy (non-hydrogen) atoms. The Balaban J connectivity index is 0.00000225. The summed E-state index contributed by atoms with van der Waals surface area (Å²) in [6, 6.07) is 20.5. The minimum atomic E-state index is 0. The summed E-state index contributed by atoms with van der Waals surface area (Å²) in [6.07, 6.45) is 3.93. The van der Waals surface area contributed by atoms with Crippen molar-refractivity contribution in [3.05, 3.63) is 71.8 Å². The van der Waals surface area contributed by atoms with Crippen LogP contribution in [0.25, 0.3) is 0 Å². The van der Waals surface area contributed by atoms with Crippen LogP contribution in [0, 0.1) is 23.7 Å². The van der Waals surface area contributed by atoms with Crippen molar-refractivity contribution in [3.8, 4) is 23.7 Å². The lowest BCUT2D eigenvalue weighted by molar-refractivity contribution is -0.919. The zero-order valence-electron chi connectivity index (χ0n) is 14.5. The molecular formula is C23H24BrN. The molecule has 0 aliphatic carbocycles. The first-order valence-corrected chi connectivity index (χ1v) is 8.79. The predicted molar refractivity (Wildman–Crippen MR) is 100 cm³/mol. The number of benzene rings is 2. The number of hydrogen-bond acceptors (Lipinski definition) is 0. The van der Waals surface area contributed by atoms with Crippen molar-refractivity contribution in [3.63, 3.8) is 0 Å². The number of hydrogen-bond donors (Lipinski definition) is 0. The largest absolute Gasteiger partial charge is 1.00 e. The van der Waals surface area contributed by atoms with Gasteiger partial charge in [-0.15, -0.1) is 0 Å². The zero-order chi connectivity index (χ0) is 16.5. The fraction of sp³-hybridized carbons (Fsp3) is 0.304. The number of halogens is 1. The Morgan fingerprint density at radius 2 is 1.08 bits per heavy atom. The maximum atomic E-state index is 3.42. The molecule has 0 atom stereocenters. The van der Waals surface area contributed by atoms with Gasteiger partial charge in [0.25, 0.3) is 0 Å². The van der Waals surface area contributed by atoms with Crippen LogP contribution in [0.2, 0.25) is 0 Å². The maximum absolute atomic E-state index is 3.42. The average Bonchev–Trinajstić information content (AvgIpc) is 2.64. The van der Waals surface area contributed by atoms with Gasteiger partial charge < -0.3 is 21.5 Å². The number of quaternary nitrogens is 1. The first-order valence-electron chi connectivity index (χ1n) is 8.79. The minimum Gasteiger partial charge on any atom is -1.00 e. The second kappa shape index (κ2) is 10.1. The van der Waals surface area contributed by atoms with Crippen LogP contribution >= 0.6 is 0 Å². The molecular weight excluding hydrogens is 370 g/mol. The van der Waals surface area contributed by atoms with E-state index < -0.39 is 0 Å². The van der Waals surface area contributed by atoms with Gasteiger partial charge in [0.2, 0.25) is 0 Å². The molecule has 0 radical (unpaired) electrons. The van der Waals surface area contributed by atoms with Gasteiger partial charge in [-0.25, -0.2) is 0 Å². The Kier molecular flexibility index (Phi) is 7.80. The van der Waals surface area contributed by atoms with E-state index in [4.69, 9.17) is 0 Å². The van der Waals surface area contributed by atoms with E-state index in [1.165, 1.54) is 32.4 Å². The Bertz CT molecular complexity index is 692. The van der Waals surface area contributed by atoms with E-state index in [9.17, 15) is 0 Å². The Morgan fingerprint density at radius 1 is 0.640 bits per heavy atom. The second-order valence-electron chi connectivity index (χ2n) is 6.50. The molecule has 3 rings (SSSR count).